The first kappa shape index (κ1) is 9.54. The molecule has 14 heavy (non-hydrogen) atoms. The highest BCUT2D eigenvalue weighted by Gasteiger charge is 2.20. The van der Waals surface area contributed by atoms with Crippen molar-refractivity contribution in [3.63, 3.8) is 0 Å². The lowest BCUT2D eigenvalue weighted by molar-refractivity contribution is 0.0695. The van der Waals surface area contributed by atoms with Gasteiger partial charge in [0.15, 0.2) is 0 Å². The largest absolute Gasteiger partial charge is 0.476 e. The number of hydrogen-bond acceptors (Lipinski definition) is 5. The lowest BCUT2D eigenvalue weighted by Gasteiger charge is -2.20. The monoisotopic (exact) mass is 213 g/mol. The van der Waals surface area contributed by atoms with Crippen molar-refractivity contribution in [1.29, 1.82) is 0 Å². The van der Waals surface area contributed by atoms with E-state index in [0.29, 0.717) is 0 Å². The number of carboxylic acid groups (broad SMARTS) is 1. The van der Waals surface area contributed by atoms with E-state index in [0.717, 1.165) is 29.3 Å². The maximum absolute atomic E-state index is 10.6. The van der Waals surface area contributed by atoms with Crippen LogP contribution < -0.4 is 5.32 Å². The van der Waals surface area contributed by atoms with Crippen LogP contribution in [0.2, 0.25) is 0 Å². The van der Waals surface area contributed by atoms with Gasteiger partial charge in [-0.25, -0.2) is 4.79 Å². The molecule has 2 N–H and O–H groups in total. The molecule has 0 amide bonds. The van der Waals surface area contributed by atoms with Crippen LogP contribution in [-0.4, -0.2) is 27.8 Å². The first-order chi connectivity index (χ1) is 6.77. The van der Waals surface area contributed by atoms with E-state index in [-0.39, 0.29) is 11.0 Å². The summed E-state index contributed by atoms with van der Waals surface area (Å²) in [6.45, 7) is 0.979. The molecular formula is C8H11N3O2S. The van der Waals surface area contributed by atoms with Gasteiger partial charge in [-0.1, -0.05) is 17.8 Å². The molecule has 0 aromatic carbocycles. The first-order valence-electron chi connectivity index (χ1n) is 4.57. The maximum Gasteiger partial charge on any atom is 0.367 e. The Balaban J connectivity index is 2.11. The van der Waals surface area contributed by atoms with Crippen LogP contribution in [0.4, 0.5) is 0 Å². The van der Waals surface area contributed by atoms with Crippen LogP contribution >= 0.6 is 11.3 Å². The molecule has 1 saturated heterocycles. The van der Waals surface area contributed by atoms with Gasteiger partial charge in [-0.05, 0) is 19.4 Å². The molecule has 1 aliphatic heterocycles. The molecular weight excluding hydrogens is 202 g/mol. The molecule has 1 fully saturated rings. The predicted octanol–water partition coefficient (Wildman–Crippen LogP) is 1.05. The fourth-order valence-electron chi connectivity index (χ4n) is 1.52. The molecule has 0 aliphatic carbocycles. The molecule has 1 unspecified atom stereocenters. The number of rotatable bonds is 2. The van der Waals surface area contributed by atoms with E-state index in [1.807, 2.05) is 0 Å². The van der Waals surface area contributed by atoms with Crippen molar-refractivity contribution in [1.82, 2.24) is 15.5 Å². The minimum atomic E-state index is -0.996. The molecule has 0 saturated carbocycles. The summed E-state index contributed by atoms with van der Waals surface area (Å²) in [6.07, 6.45) is 3.37. The Bertz CT molecular complexity index is 333. The molecule has 0 spiro atoms. The summed E-state index contributed by atoms with van der Waals surface area (Å²) in [5.41, 5.74) is 0. The van der Waals surface area contributed by atoms with Gasteiger partial charge in [0, 0.05) is 0 Å². The fraction of sp³-hybridized carbons (Fsp3) is 0.625. The molecule has 0 radical (unpaired) electrons. The van der Waals surface area contributed by atoms with Gasteiger partial charge in [0.1, 0.15) is 5.01 Å². The zero-order valence-electron chi connectivity index (χ0n) is 7.56. The van der Waals surface area contributed by atoms with Gasteiger partial charge in [0.2, 0.25) is 5.01 Å². The Morgan fingerprint density at radius 3 is 2.93 bits per heavy atom. The summed E-state index contributed by atoms with van der Waals surface area (Å²) in [5, 5.41) is 20.4. The van der Waals surface area contributed by atoms with Crippen molar-refractivity contribution < 1.29 is 9.90 Å². The van der Waals surface area contributed by atoms with Gasteiger partial charge in [-0.2, -0.15) is 0 Å². The average molecular weight is 213 g/mol. The zero-order valence-corrected chi connectivity index (χ0v) is 8.38. The number of piperidine rings is 1. The number of nitrogens with one attached hydrogen (secondary N) is 1. The van der Waals surface area contributed by atoms with E-state index < -0.39 is 5.97 Å². The number of aromatic carboxylic acids is 1. The SMILES string of the molecule is O=C(O)c1nnc(C2CCCCN2)s1. The predicted molar refractivity (Wildman–Crippen MR) is 51.5 cm³/mol. The smallest absolute Gasteiger partial charge is 0.367 e. The number of hydrogen-bond donors (Lipinski definition) is 2. The second-order valence-corrected chi connectivity index (χ2v) is 4.26. The average Bonchev–Trinajstić information content (AvgIpc) is 2.68. The molecule has 5 nitrogen and oxygen atoms in total. The quantitative estimate of drug-likeness (QED) is 0.768. The van der Waals surface area contributed by atoms with Gasteiger partial charge in [0.25, 0.3) is 0 Å². The Morgan fingerprint density at radius 1 is 1.50 bits per heavy atom. The molecule has 0 bridgehead atoms. The van der Waals surface area contributed by atoms with E-state index in [4.69, 9.17) is 5.11 Å². The molecule has 1 aromatic heterocycles. The van der Waals surface area contributed by atoms with Crippen molar-refractivity contribution in [2.45, 2.75) is 25.3 Å². The van der Waals surface area contributed by atoms with Crippen molar-refractivity contribution >= 4 is 17.3 Å². The van der Waals surface area contributed by atoms with Gasteiger partial charge in [-0.3, -0.25) is 0 Å². The number of carboxylic acids is 1. The Labute approximate surface area is 85.2 Å². The highest BCUT2D eigenvalue weighted by atomic mass is 32.1. The minimum Gasteiger partial charge on any atom is -0.476 e. The molecule has 2 heterocycles. The van der Waals surface area contributed by atoms with E-state index in [1.165, 1.54) is 12.8 Å². The molecule has 76 valence electrons. The van der Waals surface area contributed by atoms with Crippen molar-refractivity contribution in [2.24, 2.45) is 0 Å². The number of carbonyl (C=O) groups is 1. The second kappa shape index (κ2) is 4.02. The van der Waals surface area contributed by atoms with E-state index >= 15 is 0 Å². The van der Waals surface area contributed by atoms with Crippen molar-refractivity contribution in [2.75, 3.05) is 6.54 Å². The third-order valence-electron chi connectivity index (χ3n) is 2.23. The number of aromatic nitrogens is 2. The third kappa shape index (κ3) is 1.91. The number of nitrogens with zero attached hydrogens (tertiary/aromatic N) is 2. The topological polar surface area (TPSA) is 75.1 Å². The van der Waals surface area contributed by atoms with Crippen molar-refractivity contribution in [3.05, 3.63) is 10.0 Å². The minimum absolute atomic E-state index is 0.0763. The Hall–Kier alpha value is -1.01. The highest BCUT2D eigenvalue weighted by Crippen LogP contribution is 2.25. The first-order valence-corrected chi connectivity index (χ1v) is 5.39. The maximum atomic E-state index is 10.6. The van der Waals surface area contributed by atoms with Crippen LogP contribution in [0.5, 0.6) is 0 Å². The lowest BCUT2D eigenvalue weighted by atomic mass is 10.1. The van der Waals surface area contributed by atoms with Crippen LogP contribution in [0.1, 0.15) is 40.1 Å². The van der Waals surface area contributed by atoms with Crippen molar-refractivity contribution in [3.8, 4) is 0 Å². The third-order valence-corrected chi connectivity index (χ3v) is 3.26. The van der Waals surface area contributed by atoms with Gasteiger partial charge in [0.05, 0.1) is 6.04 Å². The van der Waals surface area contributed by atoms with Gasteiger partial charge >= 0.3 is 5.97 Å². The van der Waals surface area contributed by atoms with Crippen LogP contribution in [0.15, 0.2) is 0 Å². The van der Waals surface area contributed by atoms with Gasteiger partial charge in [-0.15, -0.1) is 10.2 Å². The summed E-state index contributed by atoms with van der Waals surface area (Å²) in [5.74, 6) is -0.996. The molecule has 2 rings (SSSR count). The molecule has 1 aliphatic rings. The summed E-state index contributed by atoms with van der Waals surface area (Å²) in [7, 11) is 0. The molecule has 6 heteroatoms. The second-order valence-electron chi connectivity index (χ2n) is 3.25. The summed E-state index contributed by atoms with van der Waals surface area (Å²) < 4.78 is 0. The van der Waals surface area contributed by atoms with E-state index in [2.05, 4.69) is 15.5 Å². The van der Waals surface area contributed by atoms with E-state index in [9.17, 15) is 4.79 Å². The normalized spacial score (nSPS) is 22.1. The summed E-state index contributed by atoms with van der Waals surface area (Å²) in [4.78, 5) is 10.6. The lowest BCUT2D eigenvalue weighted by Crippen LogP contribution is -2.26. The fourth-order valence-corrected chi connectivity index (χ4v) is 2.32. The standard InChI is InChI=1S/C8H11N3O2S/c12-8(13)7-11-10-6(14-7)5-3-1-2-4-9-5/h5,9H,1-4H2,(H,12,13). The highest BCUT2D eigenvalue weighted by molar-refractivity contribution is 7.13. The van der Waals surface area contributed by atoms with Crippen LogP contribution in [-0.2, 0) is 0 Å². The Morgan fingerprint density at radius 2 is 2.36 bits per heavy atom. The van der Waals surface area contributed by atoms with Gasteiger partial charge < -0.3 is 10.4 Å². The van der Waals surface area contributed by atoms with Crippen LogP contribution in [0.3, 0.4) is 0 Å². The Kier molecular flexibility index (Phi) is 2.74. The molecule has 1 aromatic rings. The molecule has 1 atom stereocenters. The van der Waals surface area contributed by atoms with Crippen LogP contribution in [0, 0.1) is 0 Å². The van der Waals surface area contributed by atoms with E-state index in [1.54, 1.807) is 0 Å². The van der Waals surface area contributed by atoms with Crippen LogP contribution in [0.25, 0.3) is 0 Å². The zero-order chi connectivity index (χ0) is 9.97. The summed E-state index contributed by atoms with van der Waals surface area (Å²) in [6, 6.07) is 0.203. The summed E-state index contributed by atoms with van der Waals surface area (Å²) >= 11 is 1.16.